The molecule has 0 aliphatic rings. The van der Waals surface area contributed by atoms with E-state index >= 15 is 0 Å². The second-order valence-electron chi connectivity index (χ2n) is 16.8. The Balaban J connectivity index is 0.00000102. The highest BCUT2D eigenvalue weighted by Crippen LogP contribution is 2.30. The van der Waals surface area contributed by atoms with Crippen molar-refractivity contribution in [1.82, 2.24) is 20.3 Å². The Morgan fingerprint density at radius 2 is 0.805 bits per heavy atom. The Bertz CT molecular complexity index is 2040. The minimum Gasteiger partial charge on any atom is -0.481 e. The molecule has 0 spiro atoms. The lowest BCUT2D eigenvalue weighted by atomic mass is 9.81. The van der Waals surface area contributed by atoms with Crippen LogP contribution in [0.1, 0.15) is 103 Å². The molecule has 0 saturated heterocycles. The summed E-state index contributed by atoms with van der Waals surface area (Å²) in [6.45, 7) is 10.4. The zero-order chi connectivity index (χ0) is 57.7. The molecule has 0 radical (unpaired) electrons. The maximum Gasteiger partial charge on any atom is 0.305 e. The van der Waals surface area contributed by atoms with Gasteiger partial charge in [0.1, 0.15) is 0 Å². The van der Waals surface area contributed by atoms with Gasteiger partial charge in [-0.15, -0.1) is 0 Å². The fourth-order valence-electron chi connectivity index (χ4n) is 5.83. The summed E-state index contributed by atoms with van der Waals surface area (Å²) >= 11 is 11.4. The fraction of sp³-hybridized carbons (Fsp3) is 0.569. The van der Waals surface area contributed by atoms with Crippen LogP contribution in [0.2, 0.25) is 10.6 Å². The molecular formula is C51H76Cl2N6O18. The number of hydrogen-bond donors (Lipinski definition) is 9. The lowest BCUT2D eigenvalue weighted by Gasteiger charge is -2.29. The molecule has 0 unspecified atom stereocenters. The Kier molecular flexibility index (Phi) is 41.4. The number of amides is 1. The highest BCUT2D eigenvalue weighted by Gasteiger charge is 2.24. The third-order valence-electron chi connectivity index (χ3n) is 10.3. The summed E-state index contributed by atoms with van der Waals surface area (Å²) in [5.41, 5.74) is 3.91. The van der Waals surface area contributed by atoms with E-state index in [0.717, 1.165) is 24.2 Å². The number of carbonyl (C=O) groups is 7. The summed E-state index contributed by atoms with van der Waals surface area (Å²) in [4.78, 5) is 84.9. The van der Waals surface area contributed by atoms with Crippen molar-refractivity contribution in [3.05, 3.63) is 70.2 Å². The molecule has 24 nitrogen and oxygen atoms in total. The van der Waals surface area contributed by atoms with E-state index < -0.39 is 35.8 Å². The van der Waals surface area contributed by atoms with Crippen LogP contribution in [0.15, 0.2) is 48.5 Å². The van der Waals surface area contributed by atoms with Gasteiger partial charge in [0.2, 0.25) is 22.4 Å². The number of nitrogens with zero attached hydrogens (tertiary/aromatic N) is 3. The highest BCUT2D eigenvalue weighted by atomic mass is 35.5. The van der Waals surface area contributed by atoms with Gasteiger partial charge in [0.15, 0.2) is 0 Å². The van der Waals surface area contributed by atoms with E-state index in [9.17, 15) is 33.6 Å². The molecular weight excluding hydrogens is 1060 g/mol. The molecule has 432 valence electrons. The van der Waals surface area contributed by atoms with Gasteiger partial charge in [-0.05, 0) is 103 Å². The summed E-state index contributed by atoms with van der Waals surface area (Å²) < 4.78 is 26.1. The van der Waals surface area contributed by atoms with Gasteiger partial charge in [-0.3, -0.25) is 33.6 Å². The van der Waals surface area contributed by atoms with Gasteiger partial charge in [-0.25, -0.2) is 0 Å². The molecule has 2 aromatic carbocycles. The van der Waals surface area contributed by atoms with Crippen molar-refractivity contribution < 1.29 is 87.9 Å². The molecule has 0 fully saturated rings. The molecule has 3 rings (SSSR count). The van der Waals surface area contributed by atoms with Gasteiger partial charge in [0, 0.05) is 57.1 Å². The number of aliphatic carboxylic acids is 6. The van der Waals surface area contributed by atoms with Crippen LogP contribution in [0, 0.1) is 5.41 Å². The first-order chi connectivity index (χ1) is 36.7. The fourth-order valence-corrected chi connectivity index (χ4v) is 6.20. The number of anilines is 3. The lowest BCUT2D eigenvalue weighted by molar-refractivity contribution is -0.139. The second kappa shape index (κ2) is 45.0. The van der Waals surface area contributed by atoms with Crippen LogP contribution >= 0.6 is 23.2 Å². The first-order valence-electron chi connectivity index (χ1n) is 24.9. The number of aromatic nitrogens is 3. The van der Waals surface area contributed by atoms with Crippen LogP contribution in [-0.4, -0.2) is 166 Å². The van der Waals surface area contributed by atoms with Crippen molar-refractivity contribution in [2.75, 3.05) is 89.8 Å². The predicted octanol–water partition coefficient (Wildman–Crippen LogP) is 7.12. The van der Waals surface area contributed by atoms with E-state index in [0.29, 0.717) is 77.8 Å². The lowest BCUT2D eigenvalue weighted by Crippen LogP contribution is -2.24. The van der Waals surface area contributed by atoms with Crippen molar-refractivity contribution in [3.8, 4) is 0 Å². The molecule has 26 heteroatoms. The van der Waals surface area contributed by atoms with Crippen LogP contribution in [-0.2, 0) is 70.1 Å². The molecule has 3 aromatic rings. The number of hydrogen-bond acceptors (Lipinski definition) is 17. The van der Waals surface area contributed by atoms with Crippen molar-refractivity contribution in [2.45, 2.75) is 104 Å². The van der Waals surface area contributed by atoms with Crippen LogP contribution in [0.3, 0.4) is 0 Å². The number of carboxylic acids is 6. The van der Waals surface area contributed by atoms with Crippen LogP contribution in [0.4, 0.5) is 17.3 Å². The average molecular weight is 1130 g/mol. The molecule has 0 aliphatic carbocycles. The number of rotatable bonds is 39. The van der Waals surface area contributed by atoms with E-state index in [-0.39, 0.29) is 99.9 Å². The first-order valence-corrected chi connectivity index (χ1v) is 25.6. The summed E-state index contributed by atoms with van der Waals surface area (Å²) in [5.74, 6) is -5.15. The van der Waals surface area contributed by atoms with Gasteiger partial charge in [-0.1, -0.05) is 45.0 Å². The minimum atomic E-state index is -0.911. The Hall–Kier alpha value is -6.12. The standard InChI is InChI=1S/C17H30O9.C13H17NO3.C11H10Cl2N4.C10H19NO6/c1-17(5-11-24-8-2-14(18)19,6-12-25-9-3-15(20)21)7-13-26-10-4-16(22)23;1-2-10-6-8-11(9-7-10)14-12(15)4-3-5-13(16)17;1-2-7-3-5-8(6-4-7)14-11-16-9(12)15-10(13)17-11;12-9(13)1-5-16-7-3-11-4-8-17-6-2-10(14)15/h2-13H2,1H3,(H,18,19)(H,20,21)(H,22,23);6-9H,2-5H2,1H3,(H,14,15)(H,16,17);3-6H,2H2,1H3,(H,14,15,16,17);11H,1-8H2,(H,12,13)(H,14,15). The predicted molar refractivity (Wildman–Crippen MR) is 285 cm³/mol. The summed E-state index contributed by atoms with van der Waals surface area (Å²) in [5, 5.41) is 59.7. The van der Waals surface area contributed by atoms with Gasteiger partial charge < -0.3 is 70.3 Å². The maximum absolute atomic E-state index is 11.4. The van der Waals surface area contributed by atoms with E-state index in [4.69, 9.17) is 77.5 Å². The van der Waals surface area contributed by atoms with Crippen molar-refractivity contribution in [1.29, 1.82) is 0 Å². The number of benzene rings is 2. The summed E-state index contributed by atoms with van der Waals surface area (Å²) in [7, 11) is 0. The van der Waals surface area contributed by atoms with Crippen molar-refractivity contribution in [2.24, 2.45) is 5.41 Å². The van der Waals surface area contributed by atoms with Gasteiger partial charge in [0.25, 0.3) is 0 Å². The average Bonchev–Trinajstić information content (AvgIpc) is 3.35. The third-order valence-corrected chi connectivity index (χ3v) is 10.7. The normalized spacial score (nSPS) is 10.6. The van der Waals surface area contributed by atoms with Crippen LogP contribution < -0.4 is 16.0 Å². The van der Waals surface area contributed by atoms with Crippen LogP contribution in [0.25, 0.3) is 0 Å². The Morgan fingerprint density at radius 1 is 0.468 bits per heavy atom. The third kappa shape index (κ3) is 44.7. The number of carbonyl (C=O) groups excluding carboxylic acids is 1. The smallest absolute Gasteiger partial charge is 0.305 e. The largest absolute Gasteiger partial charge is 0.481 e. The van der Waals surface area contributed by atoms with E-state index in [2.05, 4.69) is 44.7 Å². The molecule has 1 aromatic heterocycles. The monoisotopic (exact) mass is 1130 g/mol. The van der Waals surface area contributed by atoms with E-state index in [1.807, 2.05) is 55.5 Å². The Morgan fingerprint density at radius 3 is 1.14 bits per heavy atom. The van der Waals surface area contributed by atoms with Crippen molar-refractivity contribution in [3.63, 3.8) is 0 Å². The number of carboxylic acid groups (broad SMARTS) is 6. The molecule has 9 N–H and O–H groups in total. The van der Waals surface area contributed by atoms with E-state index in [1.54, 1.807) is 0 Å². The number of ether oxygens (including phenoxy) is 5. The zero-order valence-electron chi connectivity index (χ0n) is 44.0. The van der Waals surface area contributed by atoms with Gasteiger partial charge in [-0.2, -0.15) is 15.0 Å². The van der Waals surface area contributed by atoms with E-state index in [1.165, 1.54) is 11.1 Å². The molecule has 0 aliphatic heterocycles. The number of nitrogens with one attached hydrogen (secondary N) is 3. The zero-order valence-corrected chi connectivity index (χ0v) is 45.5. The molecule has 0 saturated carbocycles. The quantitative estimate of drug-likeness (QED) is 0.0257. The van der Waals surface area contributed by atoms with Crippen molar-refractivity contribution >= 4 is 82.2 Å². The van der Waals surface area contributed by atoms with Gasteiger partial charge >= 0.3 is 35.8 Å². The van der Waals surface area contributed by atoms with Crippen LogP contribution in [0.5, 0.6) is 0 Å². The van der Waals surface area contributed by atoms with Gasteiger partial charge in [0.05, 0.1) is 78.4 Å². The second-order valence-corrected chi connectivity index (χ2v) is 17.5. The topological polar surface area (TPSA) is 362 Å². The maximum atomic E-state index is 11.4. The summed E-state index contributed by atoms with van der Waals surface area (Å²) in [6.07, 6.45) is 4.48. The molecule has 1 amide bonds. The molecule has 77 heavy (non-hydrogen) atoms. The first kappa shape index (κ1) is 70.9. The molecule has 0 bridgehead atoms. The SMILES string of the molecule is CC(CCOCCC(=O)O)(CCOCCC(=O)O)CCOCCC(=O)O.CCc1ccc(NC(=O)CCCC(=O)O)cc1.CCc1ccc(Nc2nc(Cl)nc(Cl)n2)cc1.O=C(O)CCOCCNCCOCCC(=O)O. The molecule has 0 atom stereocenters. The number of aryl methyl sites for hydroxylation is 2. The Labute approximate surface area is 458 Å². The minimum absolute atomic E-state index is 0.0122. The summed E-state index contributed by atoms with van der Waals surface area (Å²) in [6, 6.07) is 15.6. The highest BCUT2D eigenvalue weighted by molar-refractivity contribution is 6.31. The molecule has 1 heterocycles. The number of halogens is 2.